The molecule has 1 fully saturated rings. The summed E-state index contributed by atoms with van der Waals surface area (Å²) >= 11 is 6.02. The molecular weight excluding hydrogens is 264 g/mol. The van der Waals surface area contributed by atoms with E-state index in [2.05, 4.69) is 10.6 Å². The Hall–Kier alpha value is -1.26. The molecule has 1 saturated carbocycles. The summed E-state index contributed by atoms with van der Waals surface area (Å²) in [5, 5.41) is 6.62. The van der Waals surface area contributed by atoms with Gasteiger partial charge in [0.05, 0.1) is 19.3 Å². The van der Waals surface area contributed by atoms with Gasteiger partial charge in [-0.25, -0.2) is 0 Å². The van der Waals surface area contributed by atoms with E-state index in [-0.39, 0.29) is 5.91 Å². The molecule has 0 saturated heterocycles. The second-order valence-corrected chi connectivity index (χ2v) is 5.33. The molecule has 0 spiro atoms. The van der Waals surface area contributed by atoms with E-state index in [1.54, 1.807) is 13.2 Å². The molecule has 0 bridgehead atoms. The lowest BCUT2D eigenvalue weighted by Gasteiger charge is -2.12. The molecule has 1 aromatic carbocycles. The Kier molecular flexibility index (Phi) is 4.66. The average Bonchev–Trinajstić information content (AvgIpc) is 3.17. The first-order valence-electron chi connectivity index (χ1n) is 6.45. The molecule has 0 radical (unpaired) electrons. The predicted octanol–water partition coefficient (Wildman–Crippen LogP) is 2.60. The summed E-state index contributed by atoms with van der Waals surface area (Å²) in [4.78, 5) is 11.8. The van der Waals surface area contributed by atoms with Crippen LogP contribution in [0.15, 0.2) is 12.1 Å². The zero-order valence-corrected chi connectivity index (χ0v) is 12.0. The molecule has 4 nitrogen and oxygen atoms in total. The Morgan fingerprint density at radius 3 is 2.84 bits per heavy atom. The molecule has 0 unspecified atom stereocenters. The maximum atomic E-state index is 11.8. The molecule has 1 aromatic rings. The van der Waals surface area contributed by atoms with Crippen molar-refractivity contribution in [3.8, 4) is 5.75 Å². The molecule has 2 rings (SSSR count). The summed E-state index contributed by atoms with van der Waals surface area (Å²) < 4.78 is 5.22. The Labute approximate surface area is 118 Å². The lowest BCUT2D eigenvalue weighted by atomic mass is 10.2. The Morgan fingerprint density at radius 2 is 2.21 bits per heavy atom. The quantitative estimate of drug-likeness (QED) is 0.843. The van der Waals surface area contributed by atoms with Gasteiger partial charge in [-0.3, -0.25) is 4.79 Å². The van der Waals surface area contributed by atoms with Gasteiger partial charge in [-0.2, -0.15) is 0 Å². The highest BCUT2D eigenvalue weighted by molar-refractivity contribution is 6.31. The molecule has 0 aromatic heterocycles. The van der Waals surface area contributed by atoms with Crippen LogP contribution in [0, 0.1) is 12.8 Å². The highest BCUT2D eigenvalue weighted by atomic mass is 35.5. The van der Waals surface area contributed by atoms with Gasteiger partial charge in [-0.1, -0.05) is 11.6 Å². The number of rotatable bonds is 6. The molecule has 19 heavy (non-hydrogen) atoms. The van der Waals surface area contributed by atoms with Crippen molar-refractivity contribution in [1.29, 1.82) is 0 Å². The number of methoxy groups -OCH3 is 1. The van der Waals surface area contributed by atoms with Crippen molar-refractivity contribution in [2.75, 3.05) is 25.5 Å². The minimum absolute atomic E-state index is 0.0688. The minimum Gasteiger partial charge on any atom is -0.495 e. The predicted molar refractivity (Wildman–Crippen MR) is 77.0 cm³/mol. The van der Waals surface area contributed by atoms with Gasteiger partial charge in [0.1, 0.15) is 5.75 Å². The van der Waals surface area contributed by atoms with Crippen molar-refractivity contribution in [3.63, 3.8) is 0 Å². The van der Waals surface area contributed by atoms with Crippen LogP contribution in [-0.4, -0.2) is 26.1 Å². The van der Waals surface area contributed by atoms with Crippen molar-refractivity contribution in [3.05, 3.63) is 22.7 Å². The smallest absolute Gasteiger partial charge is 0.238 e. The SMILES string of the molecule is COc1cc(Cl)c(C)cc1NC(=O)CNCC1CC1. The molecule has 0 heterocycles. The van der Waals surface area contributed by atoms with Gasteiger partial charge in [0.25, 0.3) is 0 Å². The zero-order valence-electron chi connectivity index (χ0n) is 11.3. The third-order valence-corrected chi connectivity index (χ3v) is 3.58. The molecule has 2 N–H and O–H groups in total. The molecule has 0 aliphatic heterocycles. The van der Waals surface area contributed by atoms with Gasteiger partial charge in [-0.05, 0) is 43.9 Å². The van der Waals surface area contributed by atoms with Crippen LogP contribution in [0.1, 0.15) is 18.4 Å². The van der Waals surface area contributed by atoms with Crippen LogP contribution in [0.2, 0.25) is 5.02 Å². The number of amides is 1. The monoisotopic (exact) mass is 282 g/mol. The number of nitrogens with one attached hydrogen (secondary N) is 2. The zero-order chi connectivity index (χ0) is 13.8. The van der Waals surface area contributed by atoms with E-state index in [0.29, 0.717) is 23.0 Å². The Bertz CT molecular complexity index is 473. The van der Waals surface area contributed by atoms with E-state index < -0.39 is 0 Å². The van der Waals surface area contributed by atoms with E-state index in [9.17, 15) is 4.79 Å². The number of ether oxygens (including phenoxy) is 1. The number of anilines is 1. The van der Waals surface area contributed by atoms with Crippen LogP contribution >= 0.6 is 11.6 Å². The maximum absolute atomic E-state index is 11.8. The third-order valence-electron chi connectivity index (χ3n) is 3.17. The summed E-state index contributed by atoms with van der Waals surface area (Å²) in [6.45, 7) is 3.13. The molecular formula is C14H19ClN2O2. The van der Waals surface area contributed by atoms with Crippen molar-refractivity contribution in [2.24, 2.45) is 5.92 Å². The largest absolute Gasteiger partial charge is 0.495 e. The molecule has 5 heteroatoms. The van der Waals surface area contributed by atoms with E-state index in [1.807, 2.05) is 13.0 Å². The third kappa shape index (κ3) is 4.11. The number of benzene rings is 1. The minimum atomic E-state index is -0.0688. The maximum Gasteiger partial charge on any atom is 0.238 e. The summed E-state index contributed by atoms with van der Waals surface area (Å²) in [5.74, 6) is 1.27. The molecule has 104 valence electrons. The summed E-state index contributed by atoms with van der Waals surface area (Å²) in [6.07, 6.45) is 2.55. The standard InChI is InChI=1S/C14H19ClN2O2/c1-9-5-12(13(19-2)6-11(9)15)17-14(18)8-16-7-10-3-4-10/h5-6,10,16H,3-4,7-8H2,1-2H3,(H,17,18). The number of hydrogen-bond donors (Lipinski definition) is 2. The van der Waals surface area contributed by atoms with Gasteiger partial charge in [0, 0.05) is 11.1 Å². The van der Waals surface area contributed by atoms with Gasteiger partial charge >= 0.3 is 0 Å². The Morgan fingerprint density at radius 1 is 1.47 bits per heavy atom. The second-order valence-electron chi connectivity index (χ2n) is 4.92. The van der Waals surface area contributed by atoms with Crippen LogP contribution in [-0.2, 0) is 4.79 Å². The summed E-state index contributed by atoms with van der Waals surface area (Å²) in [7, 11) is 1.56. The summed E-state index contributed by atoms with van der Waals surface area (Å²) in [5.41, 5.74) is 1.56. The van der Waals surface area contributed by atoms with Crippen molar-refractivity contribution in [2.45, 2.75) is 19.8 Å². The topological polar surface area (TPSA) is 50.4 Å². The van der Waals surface area contributed by atoms with Crippen molar-refractivity contribution >= 4 is 23.2 Å². The number of carbonyl (C=O) groups excluding carboxylic acids is 1. The van der Waals surface area contributed by atoms with E-state index >= 15 is 0 Å². The van der Waals surface area contributed by atoms with Crippen LogP contribution in [0.3, 0.4) is 0 Å². The van der Waals surface area contributed by atoms with E-state index in [4.69, 9.17) is 16.3 Å². The van der Waals surface area contributed by atoms with Gasteiger partial charge < -0.3 is 15.4 Å². The molecule has 0 atom stereocenters. The molecule has 1 aliphatic carbocycles. The first kappa shape index (κ1) is 14.2. The molecule has 1 amide bonds. The van der Waals surface area contributed by atoms with E-state index in [1.165, 1.54) is 12.8 Å². The number of hydrogen-bond acceptors (Lipinski definition) is 3. The fourth-order valence-electron chi connectivity index (χ4n) is 1.84. The lowest BCUT2D eigenvalue weighted by Crippen LogP contribution is -2.29. The fourth-order valence-corrected chi connectivity index (χ4v) is 1.99. The van der Waals surface area contributed by atoms with E-state index in [0.717, 1.165) is 18.0 Å². The normalized spacial score (nSPS) is 14.3. The van der Waals surface area contributed by atoms with Crippen molar-refractivity contribution in [1.82, 2.24) is 5.32 Å². The van der Waals surface area contributed by atoms with Gasteiger partial charge in [0.15, 0.2) is 0 Å². The van der Waals surface area contributed by atoms with Crippen LogP contribution in [0.5, 0.6) is 5.75 Å². The van der Waals surface area contributed by atoms with Crippen LogP contribution in [0.4, 0.5) is 5.69 Å². The van der Waals surface area contributed by atoms with Crippen LogP contribution < -0.4 is 15.4 Å². The number of carbonyl (C=O) groups is 1. The Balaban J connectivity index is 1.92. The fraction of sp³-hybridized carbons (Fsp3) is 0.500. The van der Waals surface area contributed by atoms with Gasteiger partial charge in [-0.15, -0.1) is 0 Å². The highest BCUT2D eigenvalue weighted by Gasteiger charge is 2.20. The first-order chi connectivity index (χ1) is 9.10. The number of halogens is 1. The van der Waals surface area contributed by atoms with Gasteiger partial charge in [0.2, 0.25) is 5.91 Å². The molecule has 1 aliphatic rings. The highest BCUT2D eigenvalue weighted by Crippen LogP contribution is 2.31. The first-order valence-corrected chi connectivity index (χ1v) is 6.82. The number of aryl methyl sites for hydroxylation is 1. The second kappa shape index (κ2) is 6.26. The average molecular weight is 283 g/mol. The van der Waals surface area contributed by atoms with Crippen molar-refractivity contribution < 1.29 is 9.53 Å². The van der Waals surface area contributed by atoms with Crippen LogP contribution in [0.25, 0.3) is 0 Å². The summed E-state index contributed by atoms with van der Waals surface area (Å²) in [6, 6.07) is 3.53. The lowest BCUT2D eigenvalue weighted by molar-refractivity contribution is -0.115.